The fourth-order valence-electron chi connectivity index (χ4n) is 5.01. The van der Waals surface area contributed by atoms with Crippen LogP contribution in [0.5, 0.6) is 5.75 Å². The number of rotatable bonds is 4. The van der Waals surface area contributed by atoms with E-state index in [-0.39, 0.29) is 29.7 Å². The van der Waals surface area contributed by atoms with Crippen LogP contribution in [-0.4, -0.2) is 40.2 Å². The number of hydrogen-bond donors (Lipinski definition) is 1. The number of benzene rings is 1. The highest BCUT2D eigenvalue weighted by Crippen LogP contribution is 2.36. The molecule has 2 unspecified atom stereocenters. The first kappa shape index (κ1) is 20.0. The van der Waals surface area contributed by atoms with Crippen molar-refractivity contribution in [3.8, 4) is 5.75 Å². The number of aryl methyl sites for hydroxylation is 2. The van der Waals surface area contributed by atoms with Gasteiger partial charge in [0.1, 0.15) is 11.3 Å². The average Bonchev–Trinajstić information content (AvgIpc) is 2.65. The van der Waals surface area contributed by atoms with Crippen molar-refractivity contribution in [3.63, 3.8) is 0 Å². The molecule has 2 bridgehead atoms. The summed E-state index contributed by atoms with van der Waals surface area (Å²) in [5.74, 6) is 0.542. The highest BCUT2D eigenvalue weighted by Gasteiger charge is 2.42. The minimum Gasteiger partial charge on any atom is -0.480 e. The van der Waals surface area contributed by atoms with E-state index >= 15 is 0 Å². The largest absolute Gasteiger partial charge is 0.480 e. The van der Waals surface area contributed by atoms with E-state index in [1.165, 1.54) is 6.07 Å². The van der Waals surface area contributed by atoms with Crippen molar-refractivity contribution >= 4 is 16.9 Å². The number of amides is 1. The normalized spacial score (nSPS) is 25.1. The van der Waals surface area contributed by atoms with Crippen LogP contribution in [0.15, 0.2) is 27.4 Å². The molecule has 1 aromatic heterocycles. The van der Waals surface area contributed by atoms with Crippen LogP contribution < -0.4 is 10.4 Å². The second-order valence-corrected chi connectivity index (χ2v) is 8.45. The summed E-state index contributed by atoms with van der Waals surface area (Å²) in [4.78, 5) is 27.1. The van der Waals surface area contributed by atoms with Crippen molar-refractivity contribution in [1.29, 1.82) is 0 Å². The Labute approximate surface area is 170 Å². The summed E-state index contributed by atoms with van der Waals surface area (Å²) in [7, 11) is 0. The predicted molar refractivity (Wildman–Crippen MR) is 110 cm³/mol. The molecule has 0 radical (unpaired) electrons. The first-order chi connectivity index (χ1) is 13.9. The third-order valence-corrected chi connectivity index (χ3v) is 6.27. The number of aliphatic hydroxyl groups is 1. The standard InChI is InChI=1S/C23H29NO5/c1-4-15-10-21(26)29-20-9-13(2)8-19(22(15)20)28-14(3)23(27)24-16-6-5-7-17(24)12-18(25)11-16/h8-10,14,16-18,25H,4-7,11-12H2,1-3H3/t14?,16-,17+,18?. The lowest BCUT2D eigenvalue weighted by Gasteiger charge is -2.48. The van der Waals surface area contributed by atoms with E-state index < -0.39 is 6.10 Å². The molecule has 3 heterocycles. The van der Waals surface area contributed by atoms with Crippen LogP contribution in [0.25, 0.3) is 11.0 Å². The summed E-state index contributed by atoms with van der Waals surface area (Å²) in [6.45, 7) is 5.67. The fourth-order valence-corrected chi connectivity index (χ4v) is 5.01. The van der Waals surface area contributed by atoms with Crippen LogP contribution in [0.4, 0.5) is 0 Å². The molecule has 29 heavy (non-hydrogen) atoms. The first-order valence-electron chi connectivity index (χ1n) is 10.6. The lowest BCUT2D eigenvalue weighted by atomic mass is 9.82. The van der Waals surface area contributed by atoms with Gasteiger partial charge in [-0.3, -0.25) is 4.79 Å². The minimum atomic E-state index is -0.657. The van der Waals surface area contributed by atoms with Crippen molar-refractivity contribution in [2.24, 2.45) is 0 Å². The van der Waals surface area contributed by atoms with Gasteiger partial charge >= 0.3 is 5.63 Å². The van der Waals surface area contributed by atoms with Gasteiger partial charge < -0.3 is 19.2 Å². The monoisotopic (exact) mass is 399 g/mol. The predicted octanol–water partition coefficient (Wildman–Crippen LogP) is 3.34. The molecule has 4 rings (SSSR count). The summed E-state index contributed by atoms with van der Waals surface area (Å²) in [5, 5.41) is 10.9. The van der Waals surface area contributed by atoms with E-state index in [0.29, 0.717) is 30.6 Å². The molecule has 2 saturated heterocycles. The Morgan fingerprint density at radius 1 is 1.28 bits per heavy atom. The van der Waals surface area contributed by atoms with Gasteiger partial charge in [-0.25, -0.2) is 4.79 Å². The third kappa shape index (κ3) is 3.78. The van der Waals surface area contributed by atoms with Gasteiger partial charge in [0.05, 0.1) is 11.5 Å². The quantitative estimate of drug-likeness (QED) is 0.798. The first-order valence-corrected chi connectivity index (χ1v) is 10.6. The molecular formula is C23H29NO5. The van der Waals surface area contributed by atoms with E-state index in [9.17, 15) is 14.7 Å². The van der Waals surface area contributed by atoms with Crippen LogP contribution in [0.1, 0.15) is 57.1 Å². The molecule has 2 aliphatic rings. The van der Waals surface area contributed by atoms with E-state index in [1.807, 2.05) is 30.9 Å². The summed E-state index contributed by atoms with van der Waals surface area (Å²) >= 11 is 0. The summed E-state index contributed by atoms with van der Waals surface area (Å²) in [6, 6.07) is 5.40. The Morgan fingerprint density at radius 3 is 2.62 bits per heavy atom. The van der Waals surface area contributed by atoms with Crippen molar-refractivity contribution in [1.82, 2.24) is 4.90 Å². The molecule has 2 aromatic rings. The van der Waals surface area contributed by atoms with Crippen molar-refractivity contribution in [3.05, 3.63) is 39.7 Å². The highest BCUT2D eigenvalue weighted by molar-refractivity contribution is 5.88. The highest BCUT2D eigenvalue weighted by atomic mass is 16.5. The van der Waals surface area contributed by atoms with Crippen molar-refractivity contribution < 1.29 is 19.1 Å². The number of ether oxygens (including phenoxy) is 1. The van der Waals surface area contributed by atoms with Crippen LogP contribution in [0.3, 0.4) is 0 Å². The molecule has 2 aliphatic heterocycles. The van der Waals surface area contributed by atoms with Gasteiger partial charge in [-0.1, -0.05) is 6.92 Å². The molecule has 156 valence electrons. The van der Waals surface area contributed by atoms with Gasteiger partial charge in [-0.05, 0) is 75.6 Å². The SMILES string of the molecule is CCc1cc(=O)oc2cc(C)cc(OC(C)C(=O)N3[C@@H]4CCC[C@H]3CC(O)C4)c12. The second kappa shape index (κ2) is 7.82. The maximum atomic E-state index is 13.3. The maximum absolute atomic E-state index is 13.3. The fraction of sp³-hybridized carbons (Fsp3) is 0.565. The van der Waals surface area contributed by atoms with Gasteiger partial charge in [-0.15, -0.1) is 0 Å². The van der Waals surface area contributed by atoms with Gasteiger partial charge in [0.15, 0.2) is 6.10 Å². The Hall–Kier alpha value is -2.34. The van der Waals surface area contributed by atoms with Gasteiger partial charge in [0, 0.05) is 18.2 Å². The number of carbonyl (C=O) groups is 1. The van der Waals surface area contributed by atoms with E-state index in [2.05, 4.69) is 0 Å². The zero-order valence-electron chi connectivity index (χ0n) is 17.3. The Bertz CT molecular complexity index is 967. The van der Waals surface area contributed by atoms with Crippen LogP contribution >= 0.6 is 0 Å². The van der Waals surface area contributed by atoms with E-state index in [4.69, 9.17) is 9.15 Å². The van der Waals surface area contributed by atoms with Gasteiger partial charge in [0.25, 0.3) is 5.91 Å². The van der Waals surface area contributed by atoms with Crippen LogP contribution in [-0.2, 0) is 11.2 Å². The Balaban J connectivity index is 1.64. The van der Waals surface area contributed by atoms with Crippen LogP contribution in [0, 0.1) is 6.92 Å². The zero-order valence-corrected chi connectivity index (χ0v) is 17.3. The van der Waals surface area contributed by atoms with Gasteiger partial charge in [-0.2, -0.15) is 0 Å². The molecule has 1 N–H and O–H groups in total. The zero-order chi connectivity index (χ0) is 20.7. The smallest absolute Gasteiger partial charge is 0.336 e. The maximum Gasteiger partial charge on any atom is 0.336 e. The van der Waals surface area contributed by atoms with E-state index in [1.54, 1.807) is 6.92 Å². The molecule has 0 spiro atoms. The van der Waals surface area contributed by atoms with Crippen molar-refractivity contribution in [2.45, 2.75) is 83.6 Å². The molecule has 2 fully saturated rings. The van der Waals surface area contributed by atoms with Crippen molar-refractivity contribution in [2.75, 3.05) is 0 Å². The molecule has 6 nitrogen and oxygen atoms in total. The molecular weight excluding hydrogens is 370 g/mol. The topological polar surface area (TPSA) is 80.0 Å². The Morgan fingerprint density at radius 2 is 1.97 bits per heavy atom. The Kier molecular flexibility index (Phi) is 5.38. The summed E-state index contributed by atoms with van der Waals surface area (Å²) in [6.07, 6.45) is 3.95. The molecule has 0 saturated carbocycles. The van der Waals surface area contributed by atoms with E-state index in [0.717, 1.165) is 35.8 Å². The lowest BCUT2D eigenvalue weighted by Crippen LogP contribution is -2.58. The average molecular weight is 399 g/mol. The third-order valence-electron chi connectivity index (χ3n) is 6.27. The number of piperidine rings is 2. The molecule has 1 amide bonds. The molecule has 6 heteroatoms. The second-order valence-electron chi connectivity index (χ2n) is 8.45. The van der Waals surface area contributed by atoms with Gasteiger partial charge in [0.2, 0.25) is 0 Å². The summed E-state index contributed by atoms with van der Waals surface area (Å²) in [5.41, 5.74) is 1.86. The van der Waals surface area contributed by atoms with Crippen LogP contribution in [0.2, 0.25) is 0 Å². The number of fused-ring (bicyclic) bond motifs is 3. The number of aliphatic hydroxyl groups excluding tert-OH is 1. The molecule has 0 aliphatic carbocycles. The summed E-state index contributed by atoms with van der Waals surface area (Å²) < 4.78 is 11.6. The molecule has 1 aromatic carbocycles. The number of nitrogens with zero attached hydrogens (tertiary/aromatic N) is 1. The number of hydrogen-bond acceptors (Lipinski definition) is 5. The molecule has 4 atom stereocenters. The lowest BCUT2D eigenvalue weighted by molar-refractivity contribution is -0.150. The number of carbonyl (C=O) groups excluding carboxylic acids is 1. The minimum absolute atomic E-state index is 0.0308.